The summed E-state index contributed by atoms with van der Waals surface area (Å²) in [5.41, 5.74) is 0. The van der Waals surface area contributed by atoms with Gasteiger partial charge < -0.3 is 0 Å². The van der Waals surface area contributed by atoms with E-state index in [0.29, 0.717) is 0 Å². The predicted molar refractivity (Wildman–Crippen MR) is 42.2 cm³/mol. The SMILES string of the molecule is CCC1CC(C)C(=O)CC1=O. The van der Waals surface area contributed by atoms with Crippen molar-refractivity contribution in [3.05, 3.63) is 0 Å². The molecule has 0 aromatic rings. The Labute approximate surface area is 67.0 Å². The molecule has 2 atom stereocenters. The quantitative estimate of drug-likeness (QED) is 0.537. The molecule has 0 saturated heterocycles. The van der Waals surface area contributed by atoms with Crippen molar-refractivity contribution >= 4 is 11.6 Å². The fourth-order valence-corrected chi connectivity index (χ4v) is 1.57. The van der Waals surface area contributed by atoms with Crippen LogP contribution in [-0.4, -0.2) is 11.6 Å². The summed E-state index contributed by atoms with van der Waals surface area (Å²) in [6, 6.07) is 0. The Morgan fingerprint density at radius 2 is 2.00 bits per heavy atom. The molecule has 11 heavy (non-hydrogen) atoms. The Morgan fingerprint density at radius 3 is 2.55 bits per heavy atom. The van der Waals surface area contributed by atoms with Crippen molar-refractivity contribution in [2.75, 3.05) is 0 Å². The van der Waals surface area contributed by atoms with E-state index in [2.05, 4.69) is 0 Å². The zero-order chi connectivity index (χ0) is 8.43. The third-order valence-corrected chi connectivity index (χ3v) is 2.48. The summed E-state index contributed by atoms with van der Waals surface area (Å²) >= 11 is 0. The number of carbonyl (C=O) groups is 2. The Balaban J connectivity index is 2.62. The fraction of sp³-hybridized carbons (Fsp3) is 0.778. The monoisotopic (exact) mass is 154 g/mol. The number of carbonyl (C=O) groups excluding carboxylic acids is 2. The first kappa shape index (κ1) is 8.44. The van der Waals surface area contributed by atoms with Gasteiger partial charge in [0.2, 0.25) is 0 Å². The molecule has 1 rings (SSSR count). The molecule has 0 N–H and O–H groups in total. The van der Waals surface area contributed by atoms with Crippen LogP contribution in [0.25, 0.3) is 0 Å². The lowest BCUT2D eigenvalue weighted by molar-refractivity contribution is -0.135. The Morgan fingerprint density at radius 1 is 1.36 bits per heavy atom. The molecule has 1 fully saturated rings. The second-order valence-electron chi connectivity index (χ2n) is 3.35. The van der Waals surface area contributed by atoms with E-state index in [1.54, 1.807) is 0 Å². The second kappa shape index (κ2) is 3.16. The molecule has 0 radical (unpaired) electrons. The molecule has 1 saturated carbocycles. The molecular weight excluding hydrogens is 140 g/mol. The molecule has 2 heteroatoms. The minimum absolute atomic E-state index is 0.109. The van der Waals surface area contributed by atoms with Crippen molar-refractivity contribution in [2.24, 2.45) is 11.8 Å². The number of Topliss-reactive ketones (excluding diaryl/α,β-unsaturated/α-hetero) is 2. The lowest BCUT2D eigenvalue weighted by Crippen LogP contribution is -2.30. The topological polar surface area (TPSA) is 34.1 Å². The van der Waals surface area contributed by atoms with Gasteiger partial charge in [0, 0.05) is 11.8 Å². The number of ketones is 2. The van der Waals surface area contributed by atoms with E-state index in [4.69, 9.17) is 0 Å². The van der Waals surface area contributed by atoms with Crippen LogP contribution in [0.3, 0.4) is 0 Å². The van der Waals surface area contributed by atoms with Crippen LogP contribution in [0.5, 0.6) is 0 Å². The van der Waals surface area contributed by atoms with Crippen molar-refractivity contribution in [1.29, 1.82) is 0 Å². The van der Waals surface area contributed by atoms with Crippen LogP contribution in [0.15, 0.2) is 0 Å². The maximum atomic E-state index is 11.2. The van der Waals surface area contributed by atoms with Gasteiger partial charge in [0.1, 0.15) is 11.6 Å². The second-order valence-corrected chi connectivity index (χ2v) is 3.35. The molecule has 0 spiro atoms. The van der Waals surface area contributed by atoms with Gasteiger partial charge in [-0.2, -0.15) is 0 Å². The standard InChI is InChI=1S/C9H14O2/c1-3-7-4-6(2)8(10)5-9(7)11/h6-7H,3-5H2,1-2H3. The van der Waals surface area contributed by atoms with Crippen LogP contribution < -0.4 is 0 Å². The first-order valence-electron chi connectivity index (χ1n) is 4.20. The lowest BCUT2D eigenvalue weighted by Gasteiger charge is -2.23. The highest BCUT2D eigenvalue weighted by atomic mass is 16.1. The summed E-state index contributed by atoms with van der Waals surface area (Å²) in [6.45, 7) is 3.92. The van der Waals surface area contributed by atoms with Crippen LogP contribution >= 0.6 is 0 Å². The predicted octanol–water partition coefficient (Wildman–Crippen LogP) is 1.58. The van der Waals surface area contributed by atoms with E-state index < -0.39 is 0 Å². The van der Waals surface area contributed by atoms with E-state index in [-0.39, 0.29) is 29.8 Å². The summed E-state index contributed by atoms with van der Waals surface area (Å²) in [6.07, 6.45) is 1.84. The van der Waals surface area contributed by atoms with E-state index in [0.717, 1.165) is 12.8 Å². The lowest BCUT2D eigenvalue weighted by atomic mass is 9.79. The van der Waals surface area contributed by atoms with E-state index >= 15 is 0 Å². The maximum Gasteiger partial charge on any atom is 0.143 e. The van der Waals surface area contributed by atoms with Crippen LogP contribution in [0.1, 0.15) is 33.1 Å². The summed E-state index contributed by atoms with van der Waals surface area (Å²) in [4.78, 5) is 22.2. The van der Waals surface area contributed by atoms with E-state index in [1.165, 1.54) is 0 Å². The minimum atomic E-state index is 0.109. The molecule has 1 aliphatic rings. The van der Waals surface area contributed by atoms with Crippen molar-refractivity contribution < 1.29 is 9.59 Å². The van der Waals surface area contributed by atoms with Crippen molar-refractivity contribution in [3.63, 3.8) is 0 Å². The molecule has 62 valence electrons. The first-order chi connectivity index (χ1) is 5.15. The zero-order valence-corrected chi connectivity index (χ0v) is 7.09. The van der Waals surface area contributed by atoms with Crippen LogP contribution in [0.2, 0.25) is 0 Å². The zero-order valence-electron chi connectivity index (χ0n) is 7.09. The Bertz CT molecular complexity index is 184. The van der Waals surface area contributed by atoms with Gasteiger partial charge in [0.15, 0.2) is 0 Å². The first-order valence-corrected chi connectivity index (χ1v) is 4.20. The molecule has 0 heterocycles. The molecule has 0 aromatic carbocycles. The average molecular weight is 154 g/mol. The van der Waals surface area contributed by atoms with Gasteiger partial charge in [-0.1, -0.05) is 13.8 Å². The minimum Gasteiger partial charge on any atom is -0.299 e. The number of rotatable bonds is 1. The molecule has 1 aliphatic carbocycles. The Kier molecular flexibility index (Phi) is 2.42. The number of hydrogen-bond donors (Lipinski definition) is 0. The highest BCUT2D eigenvalue weighted by Gasteiger charge is 2.30. The van der Waals surface area contributed by atoms with Crippen molar-refractivity contribution in [3.8, 4) is 0 Å². The van der Waals surface area contributed by atoms with Gasteiger partial charge in [-0.3, -0.25) is 9.59 Å². The fourth-order valence-electron chi connectivity index (χ4n) is 1.57. The van der Waals surface area contributed by atoms with Crippen LogP contribution in [-0.2, 0) is 9.59 Å². The highest BCUT2D eigenvalue weighted by molar-refractivity contribution is 6.03. The van der Waals surface area contributed by atoms with Crippen molar-refractivity contribution in [1.82, 2.24) is 0 Å². The number of hydrogen-bond acceptors (Lipinski definition) is 2. The third kappa shape index (κ3) is 1.67. The van der Waals surface area contributed by atoms with Gasteiger partial charge in [0.25, 0.3) is 0 Å². The molecule has 0 aromatic heterocycles. The van der Waals surface area contributed by atoms with Crippen molar-refractivity contribution in [2.45, 2.75) is 33.1 Å². The van der Waals surface area contributed by atoms with Gasteiger partial charge in [0.05, 0.1) is 6.42 Å². The maximum absolute atomic E-state index is 11.2. The Hall–Kier alpha value is -0.660. The van der Waals surface area contributed by atoms with Gasteiger partial charge >= 0.3 is 0 Å². The molecule has 2 unspecified atom stereocenters. The van der Waals surface area contributed by atoms with Gasteiger partial charge in [-0.05, 0) is 12.8 Å². The van der Waals surface area contributed by atoms with E-state index in [1.807, 2.05) is 13.8 Å². The molecule has 0 bridgehead atoms. The normalized spacial score (nSPS) is 32.5. The average Bonchev–Trinajstić information content (AvgIpc) is 1.97. The van der Waals surface area contributed by atoms with Gasteiger partial charge in [-0.15, -0.1) is 0 Å². The molecule has 2 nitrogen and oxygen atoms in total. The highest BCUT2D eigenvalue weighted by Crippen LogP contribution is 2.25. The summed E-state index contributed by atoms with van der Waals surface area (Å²) < 4.78 is 0. The third-order valence-electron chi connectivity index (χ3n) is 2.48. The molecule has 0 amide bonds. The molecular formula is C9H14O2. The van der Waals surface area contributed by atoms with Crippen LogP contribution in [0.4, 0.5) is 0 Å². The smallest absolute Gasteiger partial charge is 0.143 e. The summed E-state index contributed by atoms with van der Waals surface area (Å²) in [5.74, 6) is 0.538. The van der Waals surface area contributed by atoms with E-state index in [9.17, 15) is 9.59 Å². The summed E-state index contributed by atoms with van der Waals surface area (Å²) in [5, 5.41) is 0. The summed E-state index contributed by atoms with van der Waals surface area (Å²) in [7, 11) is 0. The van der Waals surface area contributed by atoms with Crippen LogP contribution in [0, 0.1) is 11.8 Å². The largest absolute Gasteiger partial charge is 0.299 e. The van der Waals surface area contributed by atoms with Gasteiger partial charge in [-0.25, -0.2) is 0 Å². The molecule has 0 aliphatic heterocycles.